The van der Waals surface area contributed by atoms with Gasteiger partial charge in [0, 0.05) is 45.5 Å². The van der Waals surface area contributed by atoms with E-state index in [4.69, 9.17) is 0 Å². The first-order valence-corrected chi connectivity index (χ1v) is 9.51. The second-order valence-corrected chi connectivity index (χ2v) is 8.24. The molecule has 0 spiro atoms. The van der Waals surface area contributed by atoms with Gasteiger partial charge in [-0.15, -0.1) is 0 Å². The minimum Gasteiger partial charge on any atom is -0.477 e. The zero-order valence-corrected chi connectivity index (χ0v) is 14.1. The summed E-state index contributed by atoms with van der Waals surface area (Å²) in [5, 5.41) is 9.17. The molecule has 1 saturated heterocycles. The summed E-state index contributed by atoms with van der Waals surface area (Å²) in [5.41, 5.74) is 0.0124. The number of aromatic carboxylic acids is 1. The van der Waals surface area contributed by atoms with E-state index in [1.54, 1.807) is 6.92 Å². The number of rotatable bonds is 6. The van der Waals surface area contributed by atoms with Crippen molar-refractivity contribution >= 4 is 16.0 Å². The average molecular weight is 341 g/mol. The van der Waals surface area contributed by atoms with Crippen LogP contribution in [0.2, 0.25) is 0 Å². The predicted molar refractivity (Wildman–Crippen MR) is 85.0 cm³/mol. The Labute approximate surface area is 136 Å². The quantitative estimate of drug-likeness (QED) is 0.832. The van der Waals surface area contributed by atoms with Crippen molar-refractivity contribution in [3.8, 4) is 0 Å². The SMILES string of the molecule is CCn1cc(S(=O)(=O)N2CCN(CC3CC3)CC2)cc1C(=O)O. The number of sulfonamides is 1. The highest BCUT2D eigenvalue weighted by molar-refractivity contribution is 7.89. The van der Waals surface area contributed by atoms with Crippen LogP contribution in [0.15, 0.2) is 17.2 Å². The second kappa shape index (κ2) is 6.26. The third-order valence-electron chi connectivity index (χ3n) is 4.61. The Balaban J connectivity index is 1.72. The first kappa shape index (κ1) is 16.5. The van der Waals surface area contributed by atoms with Crippen molar-refractivity contribution < 1.29 is 18.3 Å². The first-order chi connectivity index (χ1) is 10.9. The lowest BCUT2D eigenvalue weighted by molar-refractivity contribution is 0.0685. The van der Waals surface area contributed by atoms with Crippen molar-refractivity contribution in [2.24, 2.45) is 5.92 Å². The van der Waals surface area contributed by atoms with E-state index in [-0.39, 0.29) is 10.6 Å². The van der Waals surface area contributed by atoms with E-state index in [1.807, 2.05) is 0 Å². The Morgan fingerprint density at radius 1 is 1.26 bits per heavy atom. The number of carbonyl (C=O) groups is 1. The molecule has 7 nitrogen and oxygen atoms in total. The molecule has 0 amide bonds. The van der Waals surface area contributed by atoms with Gasteiger partial charge in [-0.2, -0.15) is 4.31 Å². The molecule has 128 valence electrons. The molecule has 0 bridgehead atoms. The van der Waals surface area contributed by atoms with Gasteiger partial charge in [-0.3, -0.25) is 0 Å². The van der Waals surface area contributed by atoms with E-state index < -0.39 is 16.0 Å². The van der Waals surface area contributed by atoms with E-state index in [1.165, 1.54) is 34.0 Å². The van der Waals surface area contributed by atoms with Crippen LogP contribution in [0.1, 0.15) is 30.3 Å². The lowest BCUT2D eigenvalue weighted by Gasteiger charge is -2.33. The largest absolute Gasteiger partial charge is 0.477 e. The van der Waals surface area contributed by atoms with Crippen LogP contribution in [0.5, 0.6) is 0 Å². The van der Waals surface area contributed by atoms with Gasteiger partial charge < -0.3 is 14.6 Å². The highest BCUT2D eigenvalue weighted by atomic mass is 32.2. The zero-order chi connectivity index (χ0) is 16.6. The van der Waals surface area contributed by atoms with E-state index in [0.29, 0.717) is 19.6 Å². The minimum atomic E-state index is -3.62. The Morgan fingerprint density at radius 3 is 2.39 bits per heavy atom. The second-order valence-electron chi connectivity index (χ2n) is 6.30. The highest BCUT2D eigenvalue weighted by Gasteiger charge is 2.32. The molecular weight excluding hydrogens is 318 g/mol. The summed E-state index contributed by atoms with van der Waals surface area (Å²) in [5.74, 6) is -0.308. The molecule has 8 heteroatoms. The maximum Gasteiger partial charge on any atom is 0.352 e. The van der Waals surface area contributed by atoms with E-state index in [2.05, 4.69) is 4.90 Å². The van der Waals surface area contributed by atoms with E-state index in [9.17, 15) is 18.3 Å². The monoisotopic (exact) mass is 341 g/mol. The zero-order valence-electron chi connectivity index (χ0n) is 13.3. The Hall–Kier alpha value is -1.38. The topological polar surface area (TPSA) is 82.9 Å². The Bertz CT molecular complexity index is 686. The molecule has 0 unspecified atom stereocenters. The standard InChI is InChI=1S/C15H23N3O4S/c1-2-17-11-13(9-14(17)15(19)20)23(21,22)18-7-5-16(6-8-18)10-12-3-4-12/h9,11-12H,2-8,10H2,1H3,(H,19,20). The average Bonchev–Trinajstić information content (AvgIpc) is 3.21. The van der Waals surface area contributed by atoms with Crippen LogP contribution in [0.3, 0.4) is 0 Å². The summed E-state index contributed by atoms with van der Waals surface area (Å²) < 4.78 is 28.4. The molecule has 23 heavy (non-hydrogen) atoms. The van der Waals surface area contributed by atoms with Crippen molar-refractivity contribution in [1.82, 2.24) is 13.8 Å². The van der Waals surface area contributed by atoms with Crippen LogP contribution >= 0.6 is 0 Å². The summed E-state index contributed by atoms with van der Waals surface area (Å²) in [6, 6.07) is 1.26. The fraction of sp³-hybridized carbons (Fsp3) is 0.667. The number of hydrogen-bond donors (Lipinski definition) is 1. The minimum absolute atomic E-state index is 0.0124. The number of hydrogen-bond acceptors (Lipinski definition) is 4. The normalized spacial score (nSPS) is 20.7. The van der Waals surface area contributed by atoms with Crippen molar-refractivity contribution in [2.75, 3.05) is 32.7 Å². The summed E-state index contributed by atoms with van der Waals surface area (Å²) >= 11 is 0. The van der Waals surface area contributed by atoms with Gasteiger partial charge in [0.25, 0.3) is 0 Å². The predicted octanol–water partition coefficient (Wildman–Crippen LogP) is 0.922. The maximum atomic E-state index is 12.7. The smallest absolute Gasteiger partial charge is 0.352 e. The lowest BCUT2D eigenvalue weighted by atomic mass is 10.3. The molecule has 1 aromatic heterocycles. The van der Waals surface area contributed by atoms with Crippen molar-refractivity contribution in [3.05, 3.63) is 18.0 Å². The summed E-state index contributed by atoms with van der Waals surface area (Å²) in [4.78, 5) is 13.6. The number of carboxylic acid groups (broad SMARTS) is 1. The maximum absolute atomic E-state index is 12.7. The van der Waals surface area contributed by atoms with Gasteiger partial charge in [-0.25, -0.2) is 13.2 Å². The lowest BCUT2D eigenvalue weighted by Crippen LogP contribution is -2.48. The molecule has 0 radical (unpaired) electrons. The molecule has 2 heterocycles. The Kier molecular flexibility index (Phi) is 4.48. The van der Waals surface area contributed by atoms with Gasteiger partial charge in [-0.1, -0.05) is 0 Å². The molecule has 3 rings (SSSR count). The fourth-order valence-electron chi connectivity index (χ4n) is 3.03. The van der Waals surface area contributed by atoms with Gasteiger partial charge in [0.2, 0.25) is 10.0 Å². The van der Waals surface area contributed by atoms with E-state index in [0.717, 1.165) is 25.6 Å². The van der Waals surface area contributed by atoms with Crippen LogP contribution in [-0.2, 0) is 16.6 Å². The summed E-state index contributed by atoms with van der Waals surface area (Å²) in [6.07, 6.45) is 4.01. The molecule has 2 aliphatic rings. The van der Waals surface area contributed by atoms with Crippen LogP contribution in [0.4, 0.5) is 0 Å². The molecular formula is C15H23N3O4S. The third-order valence-corrected chi connectivity index (χ3v) is 6.48. The number of piperazine rings is 1. The van der Waals surface area contributed by atoms with Crippen molar-refractivity contribution in [2.45, 2.75) is 31.2 Å². The van der Waals surface area contributed by atoms with Crippen LogP contribution in [0.25, 0.3) is 0 Å². The molecule has 1 aliphatic carbocycles. The molecule has 1 aliphatic heterocycles. The van der Waals surface area contributed by atoms with Gasteiger partial charge in [-0.05, 0) is 31.7 Å². The molecule has 2 fully saturated rings. The first-order valence-electron chi connectivity index (χ1n) is 8.07. The summed E-state index contributed by atoms with van der Waals surface area (Å²) in [7, 11) is -3.62. The van der Waals surface area contributed by atoms with E-state index >= 15 is 0 Å². The molecule has 0 aromatic carbocycles. The van der Waals surface area contributed by atoms with Gasteiger partial charge in [0.05, 0.1) is 0 Å². The molecule has 0 atom stereocenters. The number of aromatic nitrogens is 1. The number of nitrogens with zero attached hydrogens (tertiary/aromatic N) is 3. The van der Waals surface area contributed by atoms with Crippen LogP contribution < -0.4 is 0 Å². The molecule has 1 aromatic rings. The highest BCUT2D eigenvalue weighted by Crippen LogP contribution is 2.30. The van der Waals surface area contributed by atoms with Crippen molar-refractivity contribution in [1.29, 1.82) is 0 Å². The van der Waals surface area contributed by atoms with Gasteiger partial charge in [0.15, 0.2) is 0 Å². The Morgan fingerprint density at radius 2 is 1.91 bits per heavy atom. The number of carboxylic acids is 1. The number of aryl methyl sites for hydroxylation is 1. The third kappa shape index (κ3) is 3.44. The summed E-state index contributed by atoms with van der Waals surface area (Å²) in [6.45, 7) is 5.71. The molecule has 1 saturated carbocycles. The van der Waals surface area contributed by atoms with Gasteiger partial charge in [0.1, 0.15) is 10.6 Å². The van der Waals surface area contributed by atoms with Crippen molar-refractivity contribution in [3.63, 3.8) is 0 Å². The molecule has 1 N–H and O–H groups in total. The van der Waals surface area contributed by atoms with Crippen LogP contribution in [0, 0.1) is 5.92 Å². The fourth-order valence-corrected chi connectivity index (χ4v) is 4.50. The van der Waals surface area contributed by atoms with Crippen LogP contribution in [-0.4, -0.2) is 66.0 Å². The van der Waals surface area contributed by atoms with Gasteiger partial charge >= 0.3 is 5.97 Å².